The van der Waals surface area contributed by atoms with Crippen molar-refractivity contribution in [1.82, 2.24) is 4.90 Å². The topological polar surface area (TPSA) is 126 Å². The first-order valence-corrected chi connectivity index (χ1v) is 15.0. The number of sulfonamides is 1. The Morgan fingerprint density at radius 2 is 1.95 bits per heavy atom. The summed E-state index contributed by atoms with van der Waals surface area (Å²) in [5.41, 5.74) is 7.17. The predicted molar refractivity (Wildman–Crippen MR) is 156 cm³/mol. The summed E-state index contributed by atoms with van der Waals surface area (Å²) < 4.78 is 38.7. The number of carbonyl (C=O) groups is 1. The molecular weight excluding hydrogens is 540 g/mol. The summed E-state index contributed by atoms with van der Waals surface area (Å²) in [4.78, 5) is 14.5. The fourth-order valence-corrected chi connectivity index (χ4v) is 5.84. The maximum atomic E-state index is 13.3. The van der Waals surface area contributed by atoms with Crippen molar-refractivity contribution in [3.63, 3.8) is 0 Å². The molecular formula is C28H37ClN4O5S. The Balaban J connectivity index is 1.81. The van der Waals surface area contributed by atoms with Gasteiger partial charge in [-0.15, -0.1) is 0 Å². The standard InChI is InChI=1S/C28H37ClN4O5S/c1-4-37-27(34)19-39(35,36)33(14-6-8-21-7-5-9-22(17-21)28(30)31)23-10-11-26(25(29)18-23)38-24-12-15-32(16-13-24)20(2)3/h5-11,17-18,20,24H,4,12-16,19H2,1-3H3,(H3,30,31)/b8-6+. The monoisotopic (exact) mass is 576 g/mol. The van der Waals surface area contributed by atoms with E-state index in [1.165, 1.54) is 6.07 Å². The Bertz CT molecular complexity index is 1290. The average Bonchev–Trinajstić information content (AvgIpc) is 2.88. The molecule has 0 aliphatic carbocycles. The highest BCUT2D eigenvalue weighted by Gasteiger charge is 2.27. The van der Waals surface area contributed by atoms with Crippen molar-refractivity contribution in [3.8, 4) is 5.75 Å². The van der Waals surface area contributed by atoms with Gasteiger partial charge in [0.05, 0.1) is 23.9 Å². The number of amidine groups is 1. The molecule has 2 aromatic rings. The van der Waals surface area contributed by atoms with E-state index in [0.29, 0.717) is 23.0 Å². The fraction of sp³-hybridized carbons (Fsp3) is 0.429. The molecule has 0 aromatic heterocycles. The van der Waals surface area contributed by atoms with Crippen LogP contribution in [-0.2, 0) is 19.6 Å². The number of nitrogens with one attached hydrogen (secondary N) is 1. The molecule has 0 spiro atoms. The van der Waals surface area contributed by atoms with Crippen LogP contribution in [0, 0.1) is 5.41 Å². The third-order valence-corrected chi connectivity index (χ3v) is 8.35. The van der Waals surface area contributed by atoms with E-state index >= 15 is 0 Å². The SMILES string of the molecule is CCOC(=O)CS(=O)(=O)N(C/C=C/c1cccc(C(=N)N)c1)c1ccc(OC2CCN(C(C)C)CC2)c(Cl)c1. The van der Waals surface area contributed by atoms with Crippen molar-refractivity contribution < 1.29 is 22.7 Å². The molecule has 0 atom stereocenters. The molecule has 0 amide bonds. The van der Waals surface area contributed by atoms with E-state index in [-0.39, 0.29) is 30.1 Å². The number of hydrogen-bond acceptors (Lipinski definition) is 7. The Morgan fingerprint density at radius 1 is 1.23 bits per heavy atom. The molecule has 0 radical (unpaired) electrons. The molecule has 212 valence electrons. The highest BCUT2D eigenvalue weighted by atomic mass is 35.5. The largest absolute Gasteiger partial charge is 0.489 e. The van der Waals surface area contributed by atoms with Gasteiger partial charge >= 0.3 is 5.97 Å². The van der Waals surface area contributed by atoms with Gasteiger partial charge in [-0.2, -0.15) is 0 Å². The number of piperidine rings is 1. The van der Waals surface area contributed by atoms with Crippen molar-refractivity contribution in [1.29, 1.82) is 5.41 Å². The number of nitrogens with two attached hydrogens (primary N) is 1. The normalized spacial score (nSPS) is 15.0. The van der Waals surface area contributed by atoms with Crippen molar-refractivity contribution in [2.45, 2.75) is 45.8 Å². The van der Waals surface area contributed by atoms with Gasteiger partial charge in [-0.1, -0.05) is 42.0 Å². The van der Waals surface area contributed by atoms with Crippen LogP contribution in [0.15, 0.2) is 48.5 Å². The minimum atomic E-state index is -4.10. The van der Waals surface area contributed by atoms with Gasteiger partial charge in [0.1, 0.15) is 17.7 Å². The summed E-state index contributed by atoms with van der Waals surface area (Å²) in [6, 6.07) is 12.3. The zero-order valence-corrected chi connectivity index (χ0v) is 24.2. The number of hydrogen-bond donors (Lipinski definition) is 2. The van der Waals surface area contributed by atoms with Crippen LogP contribution in [0.1, 0.15) is 44.7 Å². The third kappa shape index (κ3) is 8.71. The van der Waals surface area contributed by atoms with E-state index in [0.717, 1.165) is 35.8 Å². The van der Waals surface area contributed by atoms with Gasteiger partial charge < -0.3 is 20.1 Å². The van der Waals surface area contributed by atoms with Gasteiger partial charge in [-0.3, -0.25) is 14.5 Å². The fourth-order valence-electron chi connectivity index (χ4n) is 4.33. The second-order valence-electron chi connectivity index (χ2n) is 9.60. The van der Waals surface area contributed by atoms with Gasteiger partial charge in [0, 0.05) is 24.7 Å². The zero-order chi connectivity index (χ0) is 28.6. The second-order valence-corrected chi connectivity index (χ2v) is 11.9. The number of benzene rings is 2. The third-order valence-electron chi connectivity index (χ3n) is 6.42. The summed E-state index contributed by atoms with van der Waals surface area (Å²) in [7, 11) is -4.10. The van der Waals surface area contributed by atoms with E-state index in [4.69, 9.17) is 32.2 Å². The maximum Gasteiger partial charge on any atom is 0.323 e. The maximum absolute atomic E-state index is 13.3. The van der Waals surface area contributed by atoms with Crippen molar-refractivity contribution >= 4 is 45.2 Å². The van der Waals surface area contributed by atoms with Crippen LogP contribution in [0.3, 0.4) is 0 Å². The Morgan fingerprint density at radius 3 is 2.56 bits per heavy atom. The summed E-state index contributed by atoms with van der Waals surface area (Å²) in [6.45, 7) is 7.88. The number of likely N-dealkylation sites (tertiary alicyclic amines) is 1. The van der Waals surface area contributed by atoms with Crippen molar-refractivity contribution in [2.24, 2.45) is 5.73 Å². The van der Waals surface area contributed by atoms with Crippen LogP contribution >= 0.6 is 11.6 Å². The van der Waals surface area contributed by atoms with Crippen LogP contribution in [0.4, 0.5) is 5.69 Å². The first-order valence-electron chi connectivity index (χ1n) is 13.0. The molecule has 9 nitrogen and oxygen atoms in total. The summed E-state index contributed by atoms with van der Waals surface area (Å²) in [6.07, 6.45) is 5.17. The van der Waals surface area contributed by atoms with Gasteiger partial charge in [-0.05, 0) is 63.4 Å². The van der Waals surface area contributed by atoms with Crippen molar-refractivity contribution in [2.75, 3.05) is 36.3 Å². The predicted octanol–water partition coefficient (Wildman–Crippen LogP) is 4.29. The first kappa shape index (κ1) is 30.5. The zero-order valence-electron chi connectivity index (χ0n) is 22.6. The highest BCUT2D eigenvalue weighted by molar-refractivity contribution is 7.93. The number of carbonyl (C=O) groups excluding carboxylic acids is 1. The summed E-state index contributed by atoms with van der Waals surface area (Å²) in [5, 5.41) is 7.90. The molecule has 1 aliphatic rings. The second kappa shape index (κ2) is 13.8. The van der Waals surface area contributed by atoms with Gasteiger partial charge in [0.15, 0.2) is 5.75 Å². The van der Waals surface area contributed by atoms with Gasteiger partial charge in [0.2, 0.25) is 10.0 Å². The van der Waals surface area contributed by atoms with Crippen molar-refractivity contribution in [3.05, 3.63) is 64.7 Å². The highest BCUT2D eigenvalue weighted by Crippen LogP contribution is 2.33. The molecule has 1 fully saturated rings. The summed E-state index contributed by atoms with van der Waals surface area (Å²) >= 11 is 6.56. The molecule has 1 saturated heterocycles. The number of nitrogens with zero attached hydrogens (tertiary/aromatic N) is 2. The van der Waals surface area contributed by atoms with E-state index < -0.39 is 21.7 Å². The molecule has 1 aliphatic heterocycles. The molecule has 39 heavy (non-hydrogen) atoms. The smallest absolute Gasteiger partial charge is 0.323 e. The molecule has 3 N–H and O–H groups in total. The van der Waals surface area contributed by atoms with Gasteiger partial charge in [-0.25, -0.2) is 8.42 Å². The lowest BCUT2D eigenvalue weighted by atomic mass is 10.1. The number of halogens is 1. The molecule has 0 unspecified atom stereocenters. The lowest BCUT2D eigenvalue weighted by Gasteiger charge is -2.34. The minimum Gasteiger partial charge on any atom is -0.489 e. The molecule has 1 heterocycles. The number of nitrogen functional groups attached to an aromatic ring is 1. The lowest BCUT2D eigenvalue weighted by molar-refractivity contribution is -0.139. The van der Waals surface area contributed by atoms with E-state index in [1.54, 1.807) is 49.4 Å². The average molecular weight is 577 g/mol. The molecule has 3 rings (SSSR count). The Labute approximate surface area is 236 Å². The van der Waals surface area contributed by atoms with Crippen LogP contribution in [0.25, 0.3) is 6.08 Å². The minimum absolute atomic E-state index is 0.0284. The van der Waals surface area contributed by atoms with Crippen LogP contribution < -0.4 is 14.8 Å². The first-order chi connectivity index (χ1) is 18.5. The Kier molecular flexibility index (Phi) is 10.8. The van der Waals surface area contributed by atoms with E-state index in [9.17, 15) is 13.2 Å². The molecule has 0 bridgehead atoms. The lowest BCUT2D eigenvalue weighted by Crippen LogP contribution is -2.41. The molecule has 2 aromatic carbocycles. The van der Waals surface area contributed by atoms with E-state index in [1.807, 2.05) is 6.07 Å². The number of ether oxygens (including phenoxy) is 2. The van der Waals surface area contributed by atoms with Gasteiger partial charge in [0.25, 0.3) is 0 Å². The van der Waals surface area contributed by atoms with E-state index in [2.05, 4.69) is 18.7 Å². The number of rotatable bonds is 12. The quantitative estimate of drug-likeness (QED) is 0.219. The number of anilines is 1. The van der Waals surface area contributed by atoms with Crippen LogP contribution in [0.5, 0.6) is 5.75 Å². The Hall–Kier alpha value is -3.08. The molecule has 11 heteroatoms. The molecule has 0 saturated carbocycles. The number of esters is 1. The summed E-state index contributed by atoms with van der Waals surface area (Å²) in [5.74, 6) is -1.22. The van der Waals surface area contributed by atoms with Crippen LogP contribution in [0.2, 0.25) is 5.02 Å². The van der Waals surface area contributed by atoms with Crippen LogP contribution in [-0.4, -0.2) is 69.3 Å².